The van der Waals surface area contributed by atoms with Gasteiger partial charge in [0, 0.05) is 17.0 Å². The molecule has 2 amide bonds. The van der Waals surface area contributed by atoms with E-state index in [1.807, 2.05) is 42.5 Å². The second kappa shape index (κ2) is 10.3. The van der Waals surface area contributed by atoms with Crippen LogP contribution in [0.4, 0.5) is 10.8 Å². The van der Waals surface area contributed by atoms with Crippen LogP contribution in [-0.4, -0.2) is 29.7 Å². The molecular formula is C21H23N3O3S2. The number of hydrogen-bond acceptors (Lipinski definition) is 6. The number of aromatic nitrogens is 1. The Labute approximate surface area is 178 Å². The van der Waals surface area contributed by atoms with Crippen molar-refractivity contribution in [2.75, 3.05) is 23.5 Å². The Kier molecular flexibility index (Phi) is 7.48. The van der Waals surface area contributed by atoms with E-state index in [4.69, 9.17) is 4.74 Å². The molecule has 0 bridgehead atoms. The van der Waals surface area contributed by atoms with Crippen molar-refractivity contribution in [1.29, 1.82) is 0 Å². The number of carbonyl (C=O) groups is 2. The first-order valence-corrected chi connectivity index (χ1v) is 11.1. The molecule has 0 saturated carbocycles. The molecule has 29 heavy (non-hydrogen) atoms. The zero-order valence-corrected chi connectivity index (χ0v) is 18.0. The Bertz CT molecular complexity index is 1000. The van der Waals surface area contributed by atoms with Crippen LogP contribution in [0.25, 0.3) is 10.2 Å². The number of ether oxygens (including phenoxy) is 1. The molecule has 3 aromatic rings. The normalized spacial score (nSPS) is 10.7. The molecule has 0 atom stereocenters. The van der Waals surface area contributed by atoms with Gasteiger partial charge in [0.05, 0.1) is 23.1 Å². The fourth-order valence-electron chi connectivity index (χ4n) is 2.61. The van der Waals surface area contributed by atoms with Gasteiger partial charge in [0.15, 0.2) is 5.13 Å². The van der Waals surface area contributed by atoms with Crippen LogP contribution in [-0.2, 0) is 9.59 Å². The molecule has 3 rings (SSSR count). The van der Waals surface area contributed by atoms with Gasteiger partial charge < -0.3 is 15.4 Å². The molecule has 2 aromatic carbocycles. The van der Waals surface area contributed by atoms with Crippen molar-refractivity contribution < 1.29 is 14.3 Å². The molecule has 0 aliphatic carbocycles. The van der Waals surface area contributed by atoms with Crippen LogP contribution in [0.1, 0.15) is 26.2 Å². The van der Waals surface area contributed by atoms with Crippen LogP contribution in [0, 0.1) is 0 Å². The molecule has 0 fully saturated rings. The first-order valence-electron chi connectivity index (χ1n) is 9.34. The van der Waals surface area contributed by atoms with Crippen molar-refractivity contribution >= 4 is 55.9 Å². The molecular weight excluding hydrogens is 406 g/mol. The fourth-order valence-corrected chi connectivity index (χ4v) is 4.28. The summed E-state index contributed by atoms with van der Waals surface area (Å²) in [6.07, 6.45) is 2.38. The summed E-state index contributed by atoms with van der Waals surface area (Å²) in [6, 6.07) is 13.1. The summed E-state index contributed by atoms with van der Waals surface area (Å²) in [6.45, 7) is 2.06. The summed E-state index contributed by atoms with van der Waals surface area (Å²) in [5.41, 5.74) is 1.57. The topological polar surface area (TPSA) is 80.3 Å². The smallest absolute Gasteiger partial charge is 0.236 e. The average Bonchev–Trinajstić information content (AvgIpc) is 3.12. The van der Waals surface area contributed by atoms with Gasteiger partial charge in [-0.2, -0.15) is 0 Å². The second-order valence-corrected chi connectivity index (χ2v) is 8.45. The summed E-state index contributed by atoms with van der Waals surface area (Å²) in [5.74, 6) is 0.904. The minimum atomic E-state index is -0.126. The lowest BCUT2D eigenvalue weighted by atomic mass is 10.2. The number of anilines is 2. The number of benzene rings is 2. The van der Waals surface area contributed by atoms with Gasteiger partial charge in [-0.15, -0.1) is 11.8 Å². The maximum atomic E-state index is 12.3. The molecule has 0 aliphatic heterocycles. The van der Waals surface area contributed by atoms with E-state index in [-0.39, 0.29) is 17.6 Å². The van der Waals surface area contributed by atoms with E-state index in [0.717, 1.165) is 39.4 Å². The van der Waals surface area contributed by atoms with E-state index in [1.165, 1.54) is 23.1 Å². The standard InChI is InChI=1S/C21H23N3O3S2/c1-3-4-8-19(25)22-14-6-5-7-16(11-14)28-13-20(26)24-21-23-17-10-9-15(27-2)12-18(17)29-21/h5-7,9-12H,3-4,8,13H2,1-2H3,(H,22,25)(H,23,24,26). The lowest BCUT2D eigenvalue weighted by molar-refractivity contribution is -0.116. The molecule has 2 N–H and O–H groups in total. The molecule has 1 heterocycles. The fraction of sp³-hybridized carbons (Fsp3) is 0.286. The second-order valence-electron chi connectivity index (χ2n) is 6.37. The first-order chi connectivity index (χ1) is 14.1. The van der Waals surface area contributed by atoms with Crippen molar-refractivity contribution in [3.63, 3.8) is 0 Å². The molecule has 6 nitrogen and oxygen atoms in total. The van der Waals surface area contributed by atoms with Gasteiger partial charge in [-0.05, 0) is 42.8 Å². The third kappa shape index (κ3) is 6.20. The van der Waals surface area contributed by atoms with E-state index in [2.05, 4.69) is 22.5 Å². The first kappa shape index (κ1) is 21.1. The molecule has 0 aliphatic rings. The van der Waals surface area contributed by atoms with Crippen LogP contribution in [0.15, 0.2) is 47.4 Å². The zero-order chi connectivity index (χ0) is 20.6. The van der Waals surface area contributed by atoms with Crippen LogP contribution >= 0.6 is 23.1 Å². The number of rotatable bonds is 9. The van der Waals surface area contributed by atoms with Crippen LogP contribution in [0.3, 0.4) is 0 Å². The number of amides is 2. The van der Waals surface area contributed by atoms with Crippen LogP contribution < -0.4 is 15.4 Å². The van der Waals surface area contributed by atoms with Gasteiger partial charge in [-0.25, -0.2) is 4.98 Å². The third-order valence-electron chi connectivity index (χ3n) is 4.09. The number of methoxy groups -OCH3 is 1. The third-order valence-corrected chi connectivity index (χ3v) is 6.01. The van der Waals surface area contributed by atoms with E-state index in [1.54, 1.807) is 7.11 Å². The molecule has 0 spiro atoms. The maximum absolute atomic E-state index is 12.3. The minimum Gasteiger partial charge on any atom is -0.497 e. The predicted molar refractivity (Wildman–Crippen MR) is 120 cm³/mol. The van der Waals surface area contributed by atoms with E-state index < -0.39 is 0 Å². The van der Waals surface area contributed by atoms with Crippen molar-refractivity contribution in [1.82, 2.24) is 4.98 Å². The van der Waals surface area contributed by atoms with Crippen LogP contribution in [0.5, 0.6) is 5.75 Å². The Morgan fingerprint density at radius 3 is 2.79 bits per heavy atom. The van der Waals surface area contributed by atoms with Gasteiger partial charge in [0.1, 0.15) is 5.75 Å². The van der Waals surface area contributed by atoms with E-state index in [0.29, 0.717) is 11.6 Å². The van der Waals surface area contributed by atoms with Gasteiger partial charge in [-0.1, -0.05) is 30.7 Å². The summed E-state index contributed by atoms with van der Waals surface area (Å²) in [5, 5.41) is 6.31. The molecule has 0 radical (unpaired) electrons. The van der Waals surface area contributed by atoms with Gasteiger partial charge >= 0.3 is 0 Å². The predicted octanol–water partition coefficient (Wildman–Crippen LogP) is 5.16. The Balaban J connectivity index is 1.54. The SMILES string of the molecule is CCCCC(=O)Nc1cccc(SCC(=O)Nc2nc3ccc(OC)cc3s2)c1. The molecule has 1 aromatic heterocycles. The van der Waals surface area contributed by atoms with Gasteiger partial charge in [0.25, 0.3) is 0 Å². The highest BCUT2D eigenvalue weighted by Crippen LogP contribution is 2.29. The number of nitrogens with one attached hydrogen (secondary N) is 2. The number of nitrogens with zero attached hydrogens (tertiary/aromatic N) is 1. The van der Waals surface area contributed by atoms with Crippen molar-refractivity contribution in [2.24, 2.45) is 0 Å². The number of hydrogen-bond donors (Lipinski definition) is 2. The summed E-state index contributed by atoms with van der Waals surface area (Å²) >= 11 is 2.83. The number of unbranched alkanes of at least 4 members (excludes halogenated alkanes) is 1. The molecule has 0 saturated heterocycles. The zero-order valence-electron chi connectivity index (χ0n) is 16.4. The lowest BCUT2D eigenvalue weighted by Crippen LogP contribution is -2.13. The largest absolute Gasteiger partial charge is 0.497 e. The van der Waals surface area contributed by atoms with Gasteiger partial charge in [0.2, 0.25) is 11.8 Å². The van der Waals surface area contributed by atoms with Crippen molar-refractivity contribution in [3.05, 3.63) is 42.5 Å². The highest BCUT2D eigenvalue weighted by atomic mass is 32.2. The number of fused-ring (bicyclic) bond motifs is 1. The monoisotopic (exact) mass is 429 g/mol. The summed E-state index contributed by atoms with van der Waals surface area (Å²) in [7, 11) is 1.62. The number of carbonyl (C=O) groups excluding carboxylic acids is 2. The Morgan fingerprint density at radius 2 is 2.00 bits per heavy atom. The lowest BCUT2D eigenvalue weighted by Gasteiger charge is -2.07. The molecule has 152 valence electrons. The highest BCUT2D eigenvalue weighted by molar-refractivity contribution is 8.00. The Hall–Kier alpha value is -2.58. The quantitative estimate of drug-likeness (QED) is 0.459. The maximum Gasteiger partial charge on any atom is 0.236 e. The summed E-state index contributed by atoms with van der Waals surface area (Å²) in [4.78, 5) is 29.5. The average molecular weight is 430 g/mol. The molecule has 0 unspecified atom stereocenters. The molecule has 8 heteroatoms. The highest BCUT2D eigenvalue weighted by Gasteiger charge is 2.10. The van der Waals surface area contributed by atoms with Crippen LogP contribution in [0.2, 0.25) is 0 Å². The summed E-state index contributed by atoms with van der Waals surface area (Å²) < 4.78 is 6.17. The minimum absolute atomic E-state index is 0.0132. The van der Waals surface area contributed by atoms with E-state index in [9.17, 15) is 9.59 Å². The van der Waals surface area contributed by atoms with Crippen molar-refractivity contribution in [3.8, 4) is 5.75 Å². The number of thioether (sulfide) groups is 1. The van der Waals surface area contributed by atoms with Gasteiger partial charge in [-0.3, -0.25) is 9.59 Å². The number of thiazole rings is 1. The van der Waals surface area contributed by atoms with E-state index >= 15 is 0 Å². The Morgan fingerprint density at radius 1 is 1.14 bits per heavy atom. The van der Waals surface area contributed by atoms with Crippen molar-refractivity contribution in [2.45, 2.75) is 31.1 Å².